The lowest BCUT2D eigenvalue weighted by molar-refractivity contribution is -0.127. The molecule has 1 aromatic rings. The summed E-state index contributed by atoms with van der Waals surface area (Å²) in [6.45, 7) is 4.50. The largest absolute Gasteiger partial charge is 0.396 e. The van der Waals surface area contributed by atoms with Crippen molar-refractivity contribution in [1.29, 1.82) is 0 Å². The summed E-state index contributed by atoms with van der Waals surface area (Å²) in [7, 11) is 1.83. The van der Waals surface area contributed by atoms with E-state index in [0.29, 0.717) is 23.7 Å². The molecule has 1 amide bonds. The van der Waals surface area contributed by atoms with Crippen LogP contribution in [-0.4, -0.2) is 40.7 Å². The lowest BCUT2D eigenvalue weighted by atomic mass is 10.1. The number of likely N-dealkylation sites (N-methyl/N-ethyl adjacent to an activating group) is 1. The van der Waals surface area contributed by atoms with Crippen LogP contribution in [0.4, 0.5) is 0 Å². The molecule has 0 radical (unpaired) electrons. The second-order valence-electron chi connectivity index (χ2n) is 6.36. The van der Waals surface area contributed by atoms with Crippen molar-refractivity contribution in [1.82, 2.24) is 9.80 Å². The quantitative estimate of drug-likeness (QED) is 0.582. The van der Waals surface area contributed by atoms with Crippen LogP contribution in [0, 0.1) is 5.92 Å². The molecule has 0 saturated heterocycles. The number of benzene rings is 1. The normalized spacial score (nSPS) is 18.0. The van der Waals surface area contributed by atoms with Crippen LogP contribution in [0.2, 0.25) is 5.02 Å². The van der Waals surface area contributed by atoms with E-state index in [-0.39, 0.29) is 18.4 Å². The number of halogens is 1. The minimum absolute atomic E-state index is 0.111. The van der Waals surface area contributed by atoms with Crippen molar-refractivity contribution in [3.8, 4) is 0 Å². The Bertz CT molecular complexity index is 728. The average molecular weight is 376 g/mol. The third kappa shape index (κ3) is 4.96. The van der Waals surface area contributed by atoms with E-state index in [2.05, 4.69) is 11.9 Å². The van der Waals surface area contributed by atoms with Gasteiger partial charge in [-0.2, -0.15) is 0 Å². The zero-order valence-corrected chi connectivity index (χ0v) is 16.3. The number of carbonyl (C=O) groups excluding carboxylic acids is 1. The van der Waals surface area contributed by atoms with E-state index in [9.17, 15) is 4.79 Å². The molecule has 0 bridgehead atoms. The van der Waals surface area contributed by atoms with Crippen molar-refractivity contribution in [3.63, 3.8) is 0 Å². The predicted octanol–water partition coefficient (Wildman–Crippen LogP) is 3.80. The summed E-state index contributed by atoms with van der Waals surface area (Å²) in [5.74, 6) is 0.0946. The van der Waals surface area contributed by atoms with Crippen molar-refractivity contribution in [3.05, 3.63) is 58.6 Å². The molecule has 1 N–H and O–H groups in total. The van der Waals surface area contributed by atoms with Crippen LogP contribution < -0.4 is 0 Å². The Balaban J connectivity index is 2.21. The number of aliphatic imine (C=N–C) groups is 1. The van der Waals surface area contributed by atoms with Gasteiger partial charge in [0, 0.05) is 36.8 Å². The molecule has 0 aliphatic carbocycles. The second kappa shape index (κ2) is 9.55. The Hall–Kier alpha value is -2.11. The molecule has 5 nitrogen and oxygen atoms in total. The fraction of sp³-hybridized carbons (Fsp3) is 0.400. The SMILES string of the molecule is CCC(/C=N/C=C1/C(=O)N(Cc2ccccc2Cl)C(C)=CN1C)CCO. The molecule has 1 unspecified atom stereocenters. The summed E-state index contributed by atoms with van der Waals surface area (Å²) in [5, 5.41) is 9.71. The number of amides is 1. The number of hydrogen-bond acceptors (Lipinski definition) is 4. The fourth-order valence-corrected chi connectivity index (χ4v) is 2.99. The zero-order chi connectivity index (χ0) is 19.1. The first-order chi connectivity index (χ1) is 12.5. The van der Waals surface area contributed by atoms with Crippen LogP contribution in [0.3, 0.4) is 0 Å². The first-order valence-electron chi connectivity index (χ1n) is 8.78. The highest BCUT2D eigenvalue weighted by atomic mass is 35.5. The average Bonchev–Trinajstić information content (AvgIpc) is 2.61. The van der Waals surface area contributed by atoms with Gasteiger partial charge in [0.25, 0.3) is 5.91 Å². The van der Waals surface area contributed by atoms with Crippen molar-refractivity contribution in [2.24, 2.45) is 10.9 Å². The van der Waals surface area contributed by atoms with E-state index in [1.807, 2.05) is 44.4 Å². The van der Waals surface area contributed by atoms with Gasteiger partial charge in [0.1, 0.15) is 5.70 Å². The number of nitrogens with zero attached hydrogens (tertiary/aromatic N) is 3. The molecule has 0 saturated carbocycles. The van der Waals surface area contributed by atoms with Gasteiger partial charge in [-0.1, -0.05) is 36.7 Å². The molecule has 1 aliphatic heterocycles. The molecule has 1 atom stereocenters. The summed E-state index contributed by atoms with van der Waals surface area (Å²) in [5.41, 5.74) is 2.25. The molecule has 2 rings (SSSR count). The summed E-state index contributed by atoms with van der Waals surface area (Å²) < 4.78 is 0. The lowest BCUT2D eigenvalue weighted by Gasteiger charge is -2.33. The van der Waals surface area contributed by atoms with Gasteiger partial charge >= 0.3 is 0 Å². The lowest BCUT2D eigenvalue weighted by Crippen LogP contribution is -2.39. The van der Waals surface area contributed by atoms with Gasteiger partial charge in [0.05, 0.1) is 12.7 Å². The Kier molecular flexibility index (Phi) is 7.42. The molecular formula is C20H26ClN3O2. The Morgan fingerprint density at radius 1 is 1.35 bits per heavy atom. The van der Waals surface area contributed by atoms with Crippen LogP contribution >= 0.6 is 11.6 Å². The molecule has 140 valence electrons. The van der Waals surface area contributed by atoms with Gasteiger partial charge in [0.15, 0.2) is 0 Å². The fourth-order valence-electron chi connectivity index (χ4n) is 2.79. The van der Waals surface area contributed by atoms with Crippen LogP contribution in [-0.2, 0) is 11.3 Å². The van der Waals surface area contributed by atoms with E-state index in [1.165, 1.54) is 0 Å². The van der Waals surface area contributed by atoms with E-state index >= 15 is 0 Å². The van der Waals surface area contributed by atoms with E-state index in [0.717, 1.165) is 17.7 Å². The molecule has 1 heterocycles. The van der Waals surface area contributed by atoms with Gasteiger partial charge in [-0.25, -0.2) is 0 Å². The number of aliphatic hydroxyl groups excluding tert-OH is 1. The molecule has 26 heavy (non-hydrogen) atoms. The third-order valence-electron chi connectivity index (χ3n) is 4.45. The highest BCUT2D eigenvalue weighted by molar-refractivity contribution is 6.31. The summed E-state index contributed by atoms with van der Waals surface area (Å²) in [4.78, 5) is 20.8. The smallest absolute Gasteiger partial charge is 0.276 e. The Morgan fingerprint density at radius 3 is 2.73 bits per heavy atom. The first kappa shape index (κ1) is 20.2. The van der Waals surface area contributed by atoms with Crippen LogP contribution in [0.1, 0.15) is 32.3 Å². The molecule has 6 heteroatoms. The van der Waals surface area contributed by atoms with Gasteiger partial charge in [-0.05, 0) is 37.3 Å². The Morgan fingerprint density at radius 2 is 2.08 bits per heavy atom. The van der Waals surface area contributed by atoms with Crippen LogP contribution in [0.25, 0.3) is 0 Å². The molecule has 1 aromatic carbocycles. The van der Waals surface area contributed by atoms with Crippen molar-refractivity contribution in [2.75, 3.05) is 13.7 Å². The maximum absolute atomic E-state index is 13.0. The van der Waals surface area contributed by atoms with Gasteiger partial charge < -0.3 is 14.9 Å². The first-order valence-corrected chi connectivity index (χ1v) is 9.16. The maximum atomic E-state index is 13.0. The van der Waals surface area contributed by atoms with E-state index in [4.69, 9.17) is 16.7 Å². The summed E-state index contributed by atoms with van der Waals surface area (Å²) in [6, 6.07) is 7.53. The summed E-state index contributed by atoms with van der Waals surface area (Å²) in [6.07, 6.45) is 6.86. The highest BCUT2D eigenvalue weighted by Gasteiger charge is 2.27. The molecule has 1 aliphatic rings. The minimum atomic E-state index is -0.111. The van der Waals surface area contributed by atoms with Crippen LogP contribution in [0.15, 0.2) is 53.1 Å². The standard InChI is InChI=1S/C20H26ClN3O2/c1-4-16(9-10-25)11-22-12-19-20(26)24(15(2)13-23(19)3)14-17-7-5-6-8-18(17)21/h5-8,11-13,16,25H,4,9-10,14H2,1-3H3/b19-12-,22-11+. The molecular weight excluding hydrogens is 350 g/mol. The van der Waals surface area contributed by atoms with E-state index in [1.54, 1.807) is 22.2 Å². The minimum Gasteiger partial charge on any atom is -0.396 e. The predicted molar refractivity (Wildman–Crippen MR) is 106 cm³/mol. The zero-order valence-electron chi connectivity index (χ0n) is 15.5. The molecule has 0 fully saturated rings. The number of aliphatic hydroxyl groups is 1. The third-order valence-corrected chi connectivity index (χ3v) is 4.82. The second-order valence-corrected chi connectivity index (χ2v) is 6.76. The number of hydrogen-bond donors (Lipinski definition) is 1. The van der Waals surface area contributed by atoms with Gasteiger partial charge in [0.2, 0.25) is 0 Å². The van der Waals surface area contributed by atoms with Gasteiger partial charge in [-0.3, -0.25) is 9.79 Å². The maximum Gasteiger partial charge on any atom is 0.276 e. The molecule has 0 aromatic heterocycles. The van der Waals surface area contributed by atoms with Crippen molar-refractivity contribution < 1.29 is 9.90 Å². The van der Waals surface area contributed by atoms with E-state index < -0.39 is 0 Å². The highest BCUT2D eigenvalue weighted by Crippen LogP contribution is 2.25. The number of rotatable bonds is 7. The molecule has 0 spiro atoms. The van der Waals surface area contributed by atoms with Gasteiger partial charge in [-0.15, -0.1) is 0 Å². The van der Waals surface area contributed by atoms with Crippen molar-refractivity contribution >= 4 is 23.7 Å². The van der Waals surface area contributed by atoms with Crippen LogP contribution in [0.5, 0.6) is 0 Å². The summed E-state index contributed by atoms with van der Waals surface area (Å²) >= 11 is 6.24. The monoisotopic (exact) mass is 375 g/mol. The van der Waals surface area contributed by atoms with Crippen molar-refractivity contribution in [2.45, 2.75) is 33.2 Å². The number of carbonyl (C=O) groups is 1. The number of allylic oxidation sites excluding steroid dienone is 1. The topological polar surface area (TPSA) is 56.1 Å². The Labute approximate surface area is 160 Å².